The Hall–Kier alpha value is -1.55. The third kappa shape index (κ3) is 3.99. The molecule has 78 valence electrons. The van der Waals surface area contributed by atoms with E-state index >= 15 is 0 Å². The van der Waals surface area contributed by atoms with Crippen LogP contribution in [-0.2, 0) is 0 Å². The molecule has 0 spiro atoms. The fraction of sp³-hybridized carbons (Fsp3) is 0.286. The predicted octanol–water partition coefficient (Wildman–Crippen LogP) is 4.03. The van der Waals surface area contributed by atoms with Crippen LogP contribution in [0.3, 0.4) is 0 Å². The van der Waals surface area contributed by atoms with Crippen molar-refractivity contribution in [2.75, 3.05) is 0 Å². The summed E-state index contributed by atoms with van der Waals surface area (Å²) in [5.41, 5.74) is 1.45. The zero-order valence-electron chi connectivity index (χ0n) is 9.02. The van der Waals surface area contributed by atoms with Crippen molar-refractivity contribution in [3.05, 3.63) is 42.2 Å². The maximum Gasteiger partial charge on any atom is 0.123 e. The Kier molecular flexibility index (Phi) is 4.63. The predicted molar refractivity (Wildman–Crippen MR) is 62.7 cm³/mol. The van der Waals surface area contributed by atoms with Gasteiger partial charge in [-0.1, -0.05) is 43.9 Å². The molecule has 0 aliphatic heterocycles. The van der Waals surface area contributed by atoms with Crippen molar-refractivity contribution < 1.29 is 4.39 Å². The largest absolute Gasteiger partial charge is 0.207 e. The van der Waals surface area contributed by atoms with Gasteiger partial charge in [-0.05, 0) is 24.1 Å². The van der Waals surface area contributed by atoms with Crippen LogP contribution >= 0.6 is 0 Å². The van der Waals surface area contributed by atoms with Gasteiger partial charge in [-0.25, -0.2) is 4.39 Å². The number of unbranched alkanes of at least 4 members (excludes halogenated alkanes) is 2. The first-order valence-corrected chi connectivity index (χ1v) is 5.17. The van der Waals surface area contributed by atoms with Crippen LogP contribution in [-0.4, -0.2) is 0 Å². The van der Waals surface area contributed by atoms with Crippen molar-refractivity contribution in [3.63, 3.8) is 0 Å². The van der Waals surface area contributed by atoms with E-state index in [2.05, 4.69) is 25.3 Å². The van der Waals surface area contributed by atoms with Gasteiger partial charge >= 0.3 is 0 Å². The second-order valence-electron chi connectivity index (χ2n) is 3.39. The molecule has 0 N–H and O–H groups in total. The van der Waals surface area contributed by atoms with Gasteiger partial charge in [0.2, 0.25) is 0 Å². The molecule has 1 aromatic carbocycles. The Morgan fingerprint density at radius 3 is 2.93 bits per heavy atom. The second kappa shape index (κ2) is 6.03. The monoisotopic (exact) mass is 202 g/mol. The zero-order valence-corrected chi connectivity index (χ0v) is 9.02. The van der Waals surface area contributed by atoms with E-state index < -0.39 is 0 Å². The molecule has 1 rings (SSSR count). The number of halogens is 1. The minimum absolute atomic E-state index is 0.246. The Labute approximate surface area is 90.8 Å². The molecule has 0 fully saturated rings. The highest BCUT2D eigenvalue weighted by molar-refractivity contribution is 5.76. The molecule has 0 bridgehead atoms. The SMILES string of the molecule is C=C(C#CCCCC)c1cccc(F)c1. The molecule has 0 aliphatic carbocycles. The number of hydrogen-bond donors (Lipinski definition) is 0. The molecule has 0 saturated carbocycles. The van der Waals surface area contributed by atoms with Crippen molar-refractivity contribution in [1.29, 1.82) is 0 Å². The minimum Gasteiger partial charge on any atom is -0.207 e. The van der Waals surface area contributed by atoms with Gasteiger partial charge in [-0.15, -0.1) is 0 Å². The van der Waals surface area contributed by atoms with Crippen LogP contribution in [0.1, 0.15) is 31.7 Å². The number of allylic oxidation sites excluding steroid dienone is 1. The van der Waals surface area contributed by atoms with Gasteiger partial charge in [0.25, 0.3) is 0 Å². The average molecular weight is 202 g/mol. The van der Waals surface area contributed by atoms with Gasteiger partial charge in [0.05, 0.1) is 0 Å². The lowest BCUT2D eigenvalue weighted by atomic mass is 10.1. The number of benzene rings is 1. The highest BCUT2D eigenvalue weighted by Gasteiger charge is 1.96. The quantitative estimate of drug-likeness (QED) is 0.512. The van der Waals surface area contributed by atoms with Crippen molar-refractivity contribution >= 4 is 5.57 Å². The molecule has 1 aromatic rings. The van der Waals surface area contributed by atoms with Crippen LogP contribution in [0.25, 0.3) is 5.57 Å². The van der Waals surface area contributed by atoms with E-state index in [1.165, 1.54) is 12.1 Å². The summed E-state index contributed by atoms with van der Waals surface area (Å²) < 4.78 is 12.9. The molecule has 0 saturated heterocycles. The molecule has 0 unspecified atom stereocenters. The van der Waals surface area contributed by atoms with Gasteiger partial charge in [0, 0.05) is 12.0 Å². The Bertz CT molecular complexity index is 393. The average Bonchev–Trinajstić information content (AvgIpc) is 2.24. The number of hydrogen-bond acceptors (Lipinski definition) is 0. The van der Waals surface area contributed by atoms with Gasteiger partial charge < -0.3 is 0 Å². The van der Waals surface area contributed by atoms with Crippen molar-refractivity contribution in [2.24, 2.45) is 0 Å². The molecule has 0 atom stereocenters. The van der Waals surface area contributed by atoms with E-state index in [1.807, 2.05) is 6.07 Å². The topological polar surface area (TPSA) is 0 Å². The van der Waals surface area contributed by atoms with E-state index in [0.29, 0.717) is 5.57 Å². The summed E-state index contributed by atoms with van der Waals surface area (Å²) in [6.07, 6.45) is 3.12. The molecule has 0 aliphatic rings. The smallest absolute Gasteiger partial charge is 0.123 e. The molecule has 1 heteroatoms. The Morgan fingerprint density at radius 1 is 1.47 bits per heavy atom. The molecular formula is C14H15F. The molecule has 0 radical (unpaired) electrons. The standard InChI is InChI=1S/C14H15F/c1-3-4-5-6-8-12(2)13-9-7-10-14(15)11-13/h7,9-11H,2-5H2,1H3. The van der Waals surface area contributed by atoms with Crippen LogP contribution in [0.15, 0.2) is 30.8 Å². The minimum atomic E-state index is -0.246. The van der Waals surface area contributed by atoms with E-state index in [1.54, 1.807) is 6.07 Å². The fourth-order valence-electron chi connectivity index (χ4n) is 1.18. The lowest BCUT2D eigenvalue weighted by molar-refractivity contribution is 0.627. The van der Waals surface area contributed by atoms with Gasteiger partial charge in [-0.2, -0.15) is 0 Å². The van der Waals surface area contributed by atoms with Crippen molar-refractivity contribution in [2.45, 2.75) is 26.2 Å². The summed E-state index contributed by atoms with van der Waals surface area (Å²) in [5, 5.41) is 0. The molecular weight excluding hydrogens is 187 g/mol. The highest BCUT2D eigenvalue weighted by atomic mass is 19.1. The van der Waals surface area contributed by atoms with Gasteiger partial charge in [0.15, 0.2) is 0 Å². The van der Waals surface area contributed by atoms with Crippen LogP contribution in [0.4, 0.5) is 4.39 Å². The molecule has 15 heavy (non-hydrogen) atoms. The molecule has 0 aromatic heterocycles. The first-order chi connectivity index (χ1) is 7.24. The summed E-state index contributed by atoms with van der Waals surface area (Å²) in [4.78, 5) is 0. The van der Waals surface area contributed by atoms with Crippen LogP contribution < -0.4 is 0 Å². The molecule has 0 amide bonds. The third-order valence-corrected chi connectivity index (χ3v) is 2.07. The highest BCUT2D eigenvalue weighted by Crippen LogP contribution is 2.12. The van der Waals surface area contributed by atoms with E-state index in [-0.39, 0.29) is 5.82 Å². The van der Waals surface area contributed by atoms with E-state index in [9.17, 15) is 4.39 Å². The summed E-state index contributed by atoms with van der Waals surface area (Å²) in [5.74, 6) is 5.74. The zero-order chi connectivity index (χ0) is 11.1. The lowest BCUT2D eigenvalue weighted by Crippen LogP contribution is -1.81. The van der Waals surface area contributed by atoms with Gasteiger partial charge in [0.1, 0.15) is 5.82 Å². The van der Waals surface area contributed by atoms with Crippen LogP contribution in [0.2, 0.25) is 0 Å². The second-order valence-corrected chi connectivity index (χ2v) is 3.39. The van der Waals surface area contributed by atoms with Crippen LogP contribution in [0, 0.1) is 17.7 Å². The van der Waals surface area contributed by atoms with E-state index in [4.69, 9.17) is 0 Å². The maximum atomic E-state index is 12.9. The Morgan fingerprint density at radius 2 is 2.27 bits per heavy atom. The number of rotatable bonds is 3. The van der Waals surface area contributed by atoms with Crippen molar-refractivity contribution in [3.8, 4) is 11.8 Å². The molecule has 0 nitrogen and oxygen atoms in total. The first kappa shape index (κ1) is 11.5. The summed E-state index contributed by atoms with van der Waals surface area (Å²) in [6.45, 7) is 5.95. The fourth-order valence-corrected chi connectivity index (χ4v) is 1.18. The van der Waals surface area contributed by atoms with E-state index in [0.717, 1.165) is 24.8 Å². The third-order valence-electron chi connectivity index (χ3n) is 2.07. The van der Waals surface area contributed by atoms with Gasteiger partial charge in [-0.3, -0.25) is 0 Å². The maximum absolute atomic E-state index is 12.9. The van der Waals surface area contributed by atoms with Crippen LogP contribution in [0.5, 0.6) is 0 Å². The molecule has 0 heterocycles. The van der Waals surface area contributed by atoms with Crippen molar-refractivity contribution in [1.82, 2.24) is 0 Å². The first-order valence-electron chi connectivity index (χ1n) is 5.17. The summed E-state index contributed by atoms with van der Waals surface area (Å²) in [6, 6.07) is 6.36. The summed E-state index contributed by atoms with van der Waals surface area (Å²) >= 11 is 0. The summed E-state index contributed by atoms with van der Waals surface area (Å²) in [7, 11) is 0. The Balaban J connectivity index is 2.63. The lowest BCUT2D eigenvalue weighted by Gasteiger charge is -1.97. The normalized spacial score (nSPS) is 9.20.